The zero-order valence-corrected chi connectivity index (χ0v) is 16.5. The summed E-state index contributed by atoms with van der Waals surface area (Å²) in [5, 5.41) is 1.26. The van der Waals surface area contributed by atoms with Gasteiger partial charge in [0, 0.05) is 67.3 Å². The van der Waals surface area contributed by atoms with Crippen LogP contribution in [0.4, 0.5) is 11.4 Å². The highest BCUT2D eigenvalue weighted by molar-refractivity contribution is 6.01. The van der Waals surface area contributed by atoms with Crippen molar-refractivity contribution in [2.75, 3.05) is 37.6 Å². The fourth-order valence-electron chi connectivity index (χ4n) is 3.92. The molecular formula is C23H28N4. The van der Waals surface area contributed by atoms with Crippen LogP contribution in [0.3, 0.4) is 0 Å². The first-order valence-corrected chi connectivity index (χ1v) is 9.83. The van der Waals surface area contributed by atoms with E-state index in [4.69, 9.17) is 4.99 Å². The number of likely N-dealkylation sites (N-methyl/N-ethyl adjacent to an activating group) is 1. The van der Waals surface area contributed by atoms with Crippen molar-refractivity contribution in [1.29, 1.82) is 0 Å². The minimum Gasteiger partial charge on any atom is -0.369 e. The van der Waals surface area contributed by atoms with Crippen molar-refractivity contribution in [3.63, 3.8) is 0 Å². The van der Waals surface area contributed by atoms with Crippen LogP contribution in [0.25, 0.3) is 10.9 Å². The molecule has 27 heavy (non-hydrogen) atoms. The number of aryl methyl sites for hydroxylation is 1. The summed E-state index contributed by atoms with van der Waals surface area (Å²) < 4.78 is 2.23. The number of fused-ring (bicyclic) bond motifs is 1. The molecule has 140 valence electrons. The Balaban J connectivity index is 1.52. The number of aromatic nitrogens is 1. The number of rotatable bonds is 4. The van der Waals surface area contributed by atoms with Crippen LogP contribution in [-0.4, -0.2) is 48.4 Å². The zero-order valence-electron chi connectivity index (χ0n) is 16.5. The molecule has 1 aliphatic heterocycles. The molecule has 4 nitrogen and oxygen atoms in total. The molecule has 3 aromatic rings. The SMILES string of the molecule is CCN1CCN(c2ccc(N=Cc3c(C)n(C)c4ccccc34)cc2)CC1. The lowest BCUT2D eigenvalue weighted by Gasteiger charge is -2.35. The highest BCUT2D eigenvalue weighted by Crippen LogP contribution is 2.25. The maximum Gasteiger partial charge on any atom is 0.0631 e. The number of anilines is 1. The van der Waals surface area contributed by atoms with Crippen molar-refractivity contribution in [3.05, 3.63) is 59.8 Å². The molecule has 0 aliphatic carbocycles. The van der Waals surface area contributed by atoms with Gasteiger partial charge in [0.05, 0.1) is 5.69 Å². The molecular weight excluding hydrogens is 332 g/mol. The van der Waals surface area contributed by atoms with Crippen LogP contribution in [0.2, 0.25) is 0 Å². The molecule has 0 bridgehead atoms. The fraction of sp³-hybridized carbons (Fsp3) is 0.348. The molecule has 0 amide bonds. The molecule has 4 rings (SSSR count). The third kappa shape index (κ3) is 3.50. The first kappa shape index (κ1) is 17.8. The quantitative estimate of drug-likeness (QED) is 0.645. The van der Waals surface area contributed by atoms with Gasteiger partial charge < -0.3 is 14.4 Å². The number of para-hydroxylation sites is 1. The average molecular weight is 361 g/mol. The Labute approximate surface area is 161 Å². The van der Waals surface area contributed by atoms with Crippen molar-refractivity contribution in [3.8, 4) is 0 Å². The summed E-state index contributed by atoms with van der Waals surface area (Å²) in [6.45, 7) is 10.0. The Hall–Kier alpha value is -2.59. The van der Waals surface area contributed by atoms with Gasteiger partial charge >= 0.3 is 0 Å². The Morgan fingerprint density at radius 3 is 2.37 bits per heavy atom. The summed E-state index contributed by atoms with van der Waals surface area (Å²) in [6, 6.07) is 17.1. The molecule has 0 saturated carbocycles. The summed E-state index contributed by atoms with van der Waals surface area (Å²) in [6.07, 6.45) is 2.01. The van der Waals surface area contributed by atoms with Gasteiger partial charge in [-0.25, -0.2) is 0 Å². The number of benzene rings is 2. The van der Waals surface area contributed by atoms with E-state index in [1.54, 1.807) is 0 Å². The summed E-state index contributed by atoms with van der Waals surface area (Å²) in [7, 11) is 2.11. The van der Waals surface area contributed by atoms with Gasteiger partial charge in [0.25, 0.3) is 0 Å². The summed E-state index contributed by atoms with van der Waals surface area (Å²) in [5.74, 6) is 0. The average Bonchev–Trinajstić information content (AvgIpc) is 2.97. The molecule has 4 heteroatoms. The van der Waals surface area contributed by atoms with Gasteiger partial charge in [0.1, 0.15) is 0 Å². The van der Waals surface area contributed by atoms with Gasteiger partial charge in [-0.2, -0.15) is 0 Å². The number of hydrogen-bond donors (Lipinski definition) is 0. The standard InChI is InChI=1S/C23H28N4/c1-4-26-13-15-27(16-14-26)20-11-9-19(10-12-20)24-17-22-18(2)25(3)23-8-6-5-7-21(22)23/h5-12,17H,4,13-16H2,1-3H3. The first-order chi connectivity index (χ1) is 13.2. The first-order valence-electron chi connectivity index (χ1n) is 9.83. The van der Waals surface area contributed by atoms with Gasteiger partial charge in [-0.05, 0) is 43.8 Å². The van der Waals surface area contributed by atoms with Crippen LogP contribution in [0.15, 0.2) is 53.5 Å². The highest BCUT2D eigenvalue weighted by atomic mass is 15.3. The Bertz CT molecular complexity index is 944. The zero-order chi connectivity index (χ0) is 18.8. The molecule has 2 heterocycles. The van der Waals surface area contributed by atoms with Gasteiger partial charge in [-0.1, -0.05) is 25.1 Å². The molecule has 1 aromatic heterocycles. The molecule has 0 radical (unpaired) electrons. The van der Waals surface area contributed by atoms with Crippen LogP contribution < -0.4 is 4.90 Å². The van der Waals surface area contributed by atoms with Gasteiger partial charge in [-0.3, -0.25) is 4.99 Å². The van der Waals surface area contributed by atoms with Crippen LogP contribution in [0.5, 0.6) is 0 Å². The minimum atomic E-state index is 0.998. The van der Waals surface area contributed by atoms with Crippen LogP contribution in [-0.2, 0) is 7.05 Å². The van der Waals surface area contributed by atoms with Crippen LogP contribution >= 0.6 is 0 Å². The van der Waals surface area contributed by atoms with Crippen LogP contribution in [0, 0.1) is 6.92 Å². The smallest absolute Gasteiger partial charge is 0.0631 e. The second kappa shape index (κ2) is 7.57. The van der Waals surface area contributed by atoms with Crippen LogP contribution in [0.1, 0.15) is 18.2 Å². The molecule has 1 fully saturated rings. The van der Waals surface area contributed by atoms with Gasteiger partial charge in [0.2, 0.25) is 0 Å². The predicted octanol–water partition coefficient (Wildman–Crippen LogP) is 4.38. The minimum absolute atomic E-state index is 0.998. The molecule has 0 atom stereocenters. The predicted molar refractivity (Wildman–Crippen MR) is 116 cm³/mol. The van der Waals surface area contributed by atoms with E-state index in [0.717, 1.165) is 38.4 Å². The van der Waals surface area contributed by atoms with E-state index in [9.17, 15) is 0 Å². The van der Waals surface area contributed by atoms with E-state index in [-0.39, 0.29) is 0 Å². The second-order valence-corrected chi connectivity index (χ2v) is 7.27. The normalized spacial score (nSPS) is 15.9. The van der Waals surface area contributed by atoms with Crippen molar-refractivity contribution >= 4 is 28.5 Å². The Morgan fingerprint density at radius 1 is 0.963 bits per heavy atom. The number of hydrogen-bond acceptors (Lipinski definition) is 3. The summed E-state index contributed by atoms with van der Waals surface area (Å²) in [4.78, 5) is 9.72. The maximum absolute atomic E-state index is 4.75. The molecule has 1 saturated heterocycles. The number of aliphatic imine (C=N–C) groups is 1. The molecule has 0 spiro atoms. The fourth-order valence-corrected chi connectivity index (χ4v) is 3.92. The lowest BCUT2D eigenvalue weighted by atomic mass is 10.1. The Morgan fingerprint density at radius 2 is 1.67 bits per heavy atom. The summed E-state index contributed by atoms with van der Waals surface area (Å²) >= 11 is 0. The molecule has 2 aromatic carbocycles. The van der Waals surface area contributed by atoms with Crippen molar-refractivity contribution in [2.24, 2.45) is 12.0 Å². The van der Waals surface area contributed by atoms with Gasteiger partial charge in [0.15, 0.2) is 0 Å². The lowest BCUT2D eigenvalue weighted by molar-refractivity contribution is 0.271. The lowest BCUT2D eigenvalue weighted by Crippen LogP contribution is -2.46. The van der Waals surface area contributed by atoms with Gasteiger partial charge in [-0.15, -0.1) is 0 Å². The van der Waals surface area contributed by atoms with Crippen molar-refractivity contribution < 1.29 is 0 Å². The number of piperazine rings is 1. The van der Waals surface area contributed by atoms with E-state index in [1.165, 1.54) is 27.8 Å². The highest BCUT2D eigenvalue weighted by Gasteiger charge is 2.15. The second-order valence-electron chi connectivity index (χ2n) is 7.27. The van der Waals surface area contributed by atoms with E-state index in [1.807, 2.05) is 6.21 Å². The number of nitrogens with zero attached hydrogens (tertiary/aromatic N) is 4. The summed E-state index contributed by atoms with van der Waals surface area (Å²) in [5.41, 5.74) is 5.99. The topological polar surface area (TPSA) is 23.8 Å². The Kier molecular flexibility index (Phi) is 4.99. The van der Waals surface area contributed by atoms with Crippen molar-refractivity contribution in [2.45, 2.75) is 13.8 Å². The molecule has 0 unspecified atom stereocenters. The monoisotopic (exact) mass is 360 g/mol. The third-order valence-electron chi connectivity index (χ3n) is 5.83. The largest absolute Gasteiger partial charge is 0.369 e. The van der Waals surface area contributed by atoms with E-state index >= 15 is 0 Å². The van der Waals surface area contributed by atoms with E-state index < -0.39 is 0 Å². The molecule has 0 N–H and O–H groups in total. The van der Waals surface area contributed by atoms with E-state index in [0.29, 0.717) is 0 Å². The van der Waals surface area contributed by atoms with E-state index in [2.05, 4.69) is 83.8 Å². The maximum atomic E-state index is 4.75. The van der Waals surface area contributed by atoms with Crippen molar-refractivity contribution in [1.82, 2.24) is 9.47 Å². The third-order valence-corrected chi connectivity index (χ3v) is 5.83. The molecule has 1 aliphatic rings.